The van der Waals surface area contributed by atoms with Crippen molar-refractivity contribution in [3.8, 4) is 5.75 Å². The van der Waals surface area contributed by atoms with E-state index in [-0.39, 0.29) is 23.8 Å². The number of likely N-dealkylation sites (tertiary alicyclic amines) is 1. The van der Waals surface area contributed by atoms with Crippen LogP contribution in [-0.2, 0) is 11.3 Å². The SMILES string of the molecule is COc1cc(C(=O)N2CC[C@@H]3OCc4cnnn4[C@H]3C2)ccc1F. The van der Waals surface area contributed by atoms with Gasteiger partial charge in [-0.2, -0.15) is 0 Å². The van der Waals surface area contributed by atoms with E-state index in [1.165, 1.54) is 25.3 Å². The van der Waals surface area contributed by atoms with E-state index in [4.69, 9.17) is 9.47 Å². The Morgan fingerprint density at radius 1 is 1.46 bits per heavy atom. The molecule has 3 heterocycles. The molecule has 0 radical (unpaired) electrons. The summed E-state index contributed by atoms with van der Waals surface area (Å²) in [7, 11) is 1.38. The molecule has 1 amide bonds. The van der Waals surface area contributed by atoms with E-state index in [0.717, 1.165) is 12.1 Å². The van der Waals surface area contributed by atoms with Crippen LogP contribution in [0, 0.1) is 5.82 Å². The Morgan fingerprint density at radius 2 is 2.33 bits per heavy atom. The normalized spacial score (nSPS) is 22.7. The molecule has 1 fully saturated rings. The van der Waals surface area contributed by atoms with Crippen LogP contribution in [0.5, 0.6) is 5.75 Å². The number of carbonyl (C=O) groups excluding carboxylic acids is 1. The molecule has 1 aromatic heterocycles. The van der Waals surface area contributed by atoms with Crippen molar-refractivity contribution in [1.29, 1.82) is 0 Å². The molecule has 0 aliphatic carbocycles. The second kappa shape index (κ2) is 5.86. The third-order valence-corrected chi connectivity index (χ3v) is 4.61. The number of fused-ring (bicyclic) bond motifs is 3. The molecule has 8 heteroatoms. The van der Waals surface area contributed by atoms with E-state index in [2.05, 4.69) is 10.3 Å². The molecule has 0 bridgehead atoms. The van der Waals surface area contributed by atoms with Gasteiger partial charge in [0.05, 0.1) is 37.8 Å². The number of halogens is 1. The Hall–Kier alpha value is -2.48. The number of hydrogen-bond acceptors (Lipinski definition) is 5. The molecule has 7 nitrogen and oxygen atoms in total. The summed E-state index contributed by atoms with van der Waals surface area (Å²) in [4.78, 5) is 14.5. The maximum absolute atomic E-state index is 13.5. The fourth-order valence-corrected chi connectivity index (χ4v) is 3.34. The quantitative estimate of drug-likeness (QED) is 0.832. The highest BCUT2D eigenvalue weighted by Gasteiger charge is 2.38. The van der Waals surface area contributed by atoms with E-state index in [1.54, 1.807) is 11.1 Å². The number of rotatable bonds is 2. The van der Waals surface area contributed by atoms with E-state index < -0.39 is 5.82 Å². The minimum absolute atomic E-state index is 0.0333. The van der Waals surface area contributed by atoms with Crippen molar-refractivity contribution in [2.24, 2.45) is 0 Å². The molecule has 0 spiro atoms. The lowest BCUT2D eigenvalue weighted by Gasteiger charge is -2.41. The Morgan fingerprint density at radius 3 is 3.17 bits per heavy atom. The fraction of sp³-hybridized carbons (Fsp3) is 0.438. The van der Waals surface area contributed by atoms with Crippen molar-refractivity contribution in [3.05, 3.63) is 41.5 Å². The van der Waals surface area contributed by atoms with Crippen LogP contribution >= 0.6 is 0 Å². The van der Waals surface area contributed by atoms with Gasteiger partial charge in [0.25, 0.3) is 5.91 Å². The maximum Gasteiger partial charge on any atom is 0.254 e. The molecule has 0 unspecified atom stereocenters. The second-order valence-electron chi connectivity index (χ2n) is 5.98. The third-order valence-electron chi connectivity index (χ3n) is 4.61. The number of aromatic nitrogens is 3. The highest BCUT2D eigenvalue weighted by molar-refractivity contribution is 5.94. The van der Waals surface area contributed by atoms with E-state index in [1.807, 2.05) is 4.68 Å². The van der Waals surface area contributed by atoms with Crippen molar-refractivity contribution >= 4 is 5.91 Å². The monoisotopic (exact) mass is 332 g/mol. The Bertz CT molecular complexity index is 778. The van der Waals surface area contributed by atoms with E-state index in [9.17, 15) is 9.18 Å². The number of piperidine rings is 1. The average Bonchev–Trinajstić information content (AvgIpc) is 3.10. The first-order valence-corrected chi connectivity index (χ1v) is 7.81. The predicted molar refractivity (Wildman–Crippen MR) is 81.1 cm³/mol. The highest BCUT2D eigenvalue weighted by atomic mass is 19.1. The van der Waals surface area contributed by atoms with Crippen molar-refractivity contribution in [2.45, 2.75) is 25.2 Å². The summed E-state index contributed by atoms with van der Waals surface area (Å²) in [5, 5.41) is 8.05. The number of nitrogens with zero attached hydrogens (tertiary/aromatic N) is 4. The number of hydrogen-bond donors (Lipinski definition) is 0. The van der Waals surface area contributed by atoms with Gasteiger partial charge >= 0.3 is 0 Å². The van der Waals surface area contributed by atoms with Gasteiger partial charge in [0.1, 0.15) is 0 Å². The van der Waals surface area contributed by atoms with Crippen molar-refractivity contribution in [3.63, 3.8) is 0 Å². The lowest BCUT2D eigenvalue weighted by Crippen LogP contribution is -2.49. The van der Waals surface area contributed by atoms with E-state index in [0.29, 0.717) is 25.3 Å². The molecule has 126 valence electrons. The number of carbonyl (C=O) groups is 1. The first kappa shape index (κ1) is 15.1. The van der Waals surface area contributed by atoms with Crippen molar-refractivity contribution in [1.82, 2.24) is 19.9 Å². The maximum atomic E-state index is 13.5. The van der Waals surface area contributed by atoms with Gasteiger partial charge < -0.3 is 14.4 Å². The van der Waals surface area contributed by atoms with Crippen LogP contribution < -0.4 is 4.74 Å². The van der Waals surface area contributed by atoms with Crippen LogP contribution in [0.2, 0.25) is 0 Å². The lowest BCUT2D eigenvalue weighted by molar-refractivity contribution is -0.0605. The summed E-state index contributed by atoms with van der Waals surface area (Å²) >= 11 is 0. The highest BCUT2D eigenvalue weighted by Crippen LogP contribution is 2.31. The van der Waals surface area contributed by atoms with Crippen molar-refractivity contribution in [2.75, 3.05) is 20.2 Å². The van der Waals surface area contributed by atoms with Gasteiger partial charge in [-0.3, -0.25) is 4.79 Å². The zero-order valence-corrected chi connectivity index (χ0v) is 13.2. The zero-order chi connectivity index (χ0) is 16.7. The van der Waals surface area contributed by atoms with Crippen LogP contribution in [0.1, 0.15) is 28.5 Å². The van der Waals surface area contributed by atoms with Crippen LogP contribution in [0.25, 0.3) is 0 Å². The third kappa shape index (κ3) is 2.43. The molecule has 0 saturated carbocycles. The zero-order valence-electron chi connectivity index (χ0n) is 13.2. The predicted octanol–water partition coefficient (Wildman–Crippen LogP) is 1.41. The molecule has 1 aromatic carbocycles. The topological polar surface area (TPSA) is 69.5 Å². The fourth-order valence-electron chi connectivity index (χ4n) is 3.34. The molecular formula is C16H17FN4O3. The molecule has 2 atom stereocenters. The van der Waals surface area contributed by atoms with Crippen molar-refractivity contribution < 1.29 is 18.7 Å². The minimum Gasteiger partial charge on any atom is -0.494 e. The first-order valence-electron chi connectivity index (χ1n) is 7.81. The van der Waals surface area contributed by atoms with Gasteiger partial charge in [-0.25, -0.2) is 9.07 Å². The number of ether oxygens (including phenoxy) is 2. The smallest absolute Gasteiger partial charge is 0.254 e. The minimum atomic E-state index is -0.485. The van der Waals surface area contributed by atoms with Crippen LogP contribution in [0.15, 0.2) is 24.4 Å². The summed E-state index contributed by atoms with van der Waals surface area (Å²) in [6.07, 6.45) is 2.45. The summed E-state index contributed by atoms with van der Waals surface area (Å²) in [5.41, 5.74) is 1.32. The molecule has 4 rings (SSSR count). The molecule has 2 aromatic rings. The molecular weight excluding hydrogens is 315 g/mol. The van der Waals surface area contributed by atoms with Crippen LogP contribution in [0.4, 0.5) is 4.39 Å². The standard InChI is InChI=1S/C16H17FN4O3/c1-23-15-6-10(2-3-12(15)17)16(22)20-5-4-14-13(8-20)21-11(9-24-14)7-18-19-21/h2-3,6-7,13-14H,4-5,8-9H2,1H3/t13-,14-/m0/s1. The molecule has 2 aliphatic rings. The molecule has 0 N–H and O–H groups in total. The summed E-state index contributed by atoms with van der Waals surface area (Å²) in [6.45, 7) is 1.57. The van der Waals surface area contributed by atoms with Gasteiger partial charge in [-0.15, -0.1) is 5.10 Å². The molecule has 1 saturated heterocycles. The number of amides is 1. The van der Waals surface area contributed by atoms with Gasteiger partial charge in [0, 0.05) is 18.7 Å². The van der Waals surface area contributed by atoms with Crippen LogP contribution in [-0.4, -0.2) is 52.1 Å². The number of benzene rings is 1. The van der Waals surface area contributed by atoms with Gasteiger partial charge in [-0.05, 0) is 24.6 Å². The van der Waals surface area contributed by atoms with Gasteiger partial charge in [-0.1, -0.05) is 5.21 Å². The first-order chi connectivity index (χ1) is 11.7. The second-order valence-corrected chi connectivity index (χ2v) is 5.98. The van der Waals surface area contributed by atoms with E-state index >= 15 is 0 Å². The van der Waals surface area contributed by atoms with Crippen LogP contribution in [0.3, 0.4) is 0 Å². The summed E-state index contributed by atoms with van der Waals surface area (Å²) < 4.78 is 26.2. The lowest BCUT2D eigenvalue weighted by atomic mass is 9.99. The molecule has 24 heavy (non-hydrogen) atoms. The van der Waals surface area contributed by atoms with Gasteiger partial charge in [0.2, 0.25) is 0 Å². The Kier molecular flexibility index (Phi) is 3.68. The molecule has 2 aliphatic heterocycles. The largest absolute Gasteiger partial charge is 0.494 e. The summed E-state index contributed by atoms with van der Waals surface area (Å²) in [6, 6.07) is 4.11. The van der Waals surface area contributed by atoms with Gasteiger partial charge in [0.15, 0.2) is 11.6 Å². The Labute approximate surface area is 138 Å². The Balaban J connectivity index is 1.57. The summed E-state index contributed by atoms with van der Waals surface area (Å²) in [5.74, 6) is -0.574. The average molecular weight is 332 g/mol. The number of methoxy groups -OCH3 is 1.